The molecule has 2 heterocycles. The molecule has 1 aliphatic carbocycles. The summed E-state index contributed by atoms with van der Waals surface area (Å²) in [5.74, 6) is 1.35. The van der Waals surface area contributed by atoms with E-state index in [1.165, 1.54) is 52.8 Å². The standard InChI is InChI=1S/C16H22N4OS2/c1-4-10-5-6-12-11(7-10)8-13(23-12)15-18-19-16(20(15)3)22-9(2)14(17)21/h8-10H,4-7H2,1-3H3,(H2,17,21)/t9-,10-/m1/s1. The number of carbonyl (C=O) groups is 1. The van der Waals surface area contributed by atoms with Gasteiger partial charge in [-0.3, -0.25) is 4.79 Å². The SMILES string of the molecule is CC[C@@H]1CCc2sc(-c3nnc(S[C@H](C)C(N)=O)n3C)cc2C1. The molecular formula is C16H22N4OS2. The highest BCUT2D eigenvalue weighted by molar-refractivity contribution is 8.00. The van der Waals surface area contributed by atoms with Crippen LogP contribution in [0.5, 0.6) is 0 Å². The first-order chi connectivity index (χ1) is 11.0. The van der Waals surface area contributed by atoms with Gasteiger partial charge in [-0.1, -0.05) is 25.1 Å². The molecule has 124 valence electrons. The maximum absolute atomic E-state index is 11.2. The van der Waals surface area contributed by atoms with E-state index in [-0.39, 0.29) is 11.2 Å². The molecule has 1 aliphatic rings. The molecule has 0 radical (unpaired) electrons. The predicted molar refractivity (Wildman–Crippen MR) is 94.6 cm³/mol. The smallest absolute Gasteiger partial charge is 0.230 e. The molecule has 0 fully saturated rings. The van der Waals surface area contributed by atoms with Crippen LogP contribution in [0, 0.1) is 5.92 Å². The van der Waals surface area contributed by atoms with Crippen LogP contribution >= 0.6 is 23.1 Å². The molecule has 2 aromatic heterocycles. The van der Waals surface area contributed by atoms with Crippen LogP contribution in [0.2, 0.25) is 0 Å². The van der Waals surface area contributed by atoms with Crippen LogP contribution in [0.15, 0.2) is 11.2 Å². The Hall–Kier alpha value is -1.34. The van der Waals surface area contributed by atoms with Gasteiger partial charge in [0.2, 0.25) is 5.91 Å². The number of nitrogens with two attached hydrogens (primary N) is 1. The summed E-state index contributed by atoms with van der Waals surface area (Å²) < 4.78 is 1.96. The number of hydrogen-bond acceptors (Lipinski definition) is 5. The minimum Gasteiger partial charge on any atom is -0.369 e. The fourth-order valence-corrected chi connectivity index (χ4v) is 4.90. The fourth-order valence-electron chi connectivity index (χ4n) is 2.91. The van der Waals surface area contributed by atoms with Crippen LogP contribution in [0.4, 0.5) is 0 Å². The topological polar surface area (TPSA) is 73.8 Å². The van der Waals surface area contributed by atoms with Gasteiger partial charge in [0.05, 0.1) is 10.1 Å². The van der Waals surface area contributed by atoms with Gasteiger partial charge in [0.15, 0.2) is 11.0 Å². The Morgan fingerprint density at radius 3 is 3.04 bits per heavy atom. The van der Waals surface area contributed by atoms with E-state index < -0.39 is 0 Å². The number of primary amides is 1. The van der Waals surface area contributed by atoms with Crippen molar-refractivity contribution >= 4 is 29.0 Å². The Morgan fingerprint density at radius 1 is 1.57 bits per heavy atom. The van der Waals surface area contributed by atoms with E-state index in [9.17, 15) is 4.79 Å². The Kier molecular flexibility index (Phi) is 4.77. The average Bonchev–Trinajstić information content (AvgIpc) is 3.10. The largest absolute Gasteiger partial charge is 0.369 e. The molecule has 1 amide bonds. The van der Waals surface area contributed by atoms with Crippen LogP contribution in [-0.2, 0) is 24.7 Å². The molecule has 23 heavy (non-hydrogen) atoms. The second-order valence-corrected chi connectivity index (χ2v) is 8.55. The van der Waals surface area contributed by atoms with Gasteiger partial charge < -0.3 is 10.3 Å². The van der Waals surface area contributed by atoms with Crippen molar-refractivity contribution in [3.63, 3.8) is 0 Å². The average molecular weight is 351 g/mol. The molecule has 0 saturated carbocycles. The molecular weight excluding hydrogens is 328 g/mol. The third kappa shape index (κ3) is 3.30. The van der Waals surface area contributed by atoms with E-state index in [4.69, 9.17) is 5.73 Å². The summed E-state index contributed by atoms with van der Waals surface area (Å²) in [6.07, 6.45) is 4.90. The van der Waals surface area contributed by atoms with Gasteiger partial charge >= 0.3 is 0 Å². The normalized spacial score (nSPS) is 18.7. The maximum atomic E-state index is 11.2. The summed E-state index contributed by atoms with van der Waals surface area (Å²) in [4.78, 5) is 13.9. The van der Waals surface area contributed by atoms with Gasteiger partial charge in [-0.2, -0.15) is 0 Å². The molecule has 0 bridgehead atoms. The first kappa shape index (κ1) is 16.5. The highest BCUT2D eigenvalue weighted by atomic mass is 32.2. The molecule has 2 N–H and O–H groups in total. The molecule has 2 atom stereocenters. The Labute approximate surface area is 144 Å². The first-order valence-corrected chi connectivity index (χ1v) is 9.66. The Bertz CT molecular complexity index is 722. The highest BCUT2D eigenvalue weighted by Gasteiger charge is 2.23. The molecule has 0 saturated heterocycles. The van der Waals surface area contributed by atoms with E-state index in [2.05, 4.69) is 23.2 Å². The molecule has 5 nitrogen and oxygen atoms in total. The summed E-state index contributed by atoms with van der Waals surface area (Å²) in [6.45, 7) is 4.06. The fraction of sp³-hybridized carbons (Fsp3) is 0.562. The van der Waals surface area contributed by atoms with E-state index >= 15 is 0 Å². The predicted octanol–water partition coefficient (Wildman–Crippen LogP) is 3.02. The van der Waals surface area contributed by atoms with Crippen LogP contribution < -0.4 is 5.73 Å². The third-order valence-corrected chi connectivity index (χ3v) is 6.89. The van der Waals surface area contributed by atoms with Crippen LogP contribution in [0.25, 0.3) is 10.7 Å². The maximum Gasteiger partial charge on any atom is 0.230 e. The number of rotatable bonds is 5. The number of amides is 1. The van der Waals surface area contributed by atoms with Crippen LogP contribution in [0.1, 0.15) is 37.1 Å². The molecule has 0 unspecified atom stereocenters. The second kappa shape index (κ2) is 6.65. The number of fused-ring (bicyclic) bond motifs is 1. The number of carbonyl (C=O) groups excluding carboxylic acids is 1. The first-order valence-electron chi connectivity index (χ1n) is 7.96. The van der Waals surface area contributed by atoms with Crippen LogP contribution in [0.3, 0.4) is 0 Å². The van der Waals surface area contributed by atoms with Gasteiger partial charge in [0, 0.05) is 11.9 Å². The third-order valence-electron chi connectivity index (χ3n) is 4.50. The van der Waals surface area contributed by atoms with E-state index in [0.29, 0.717) is 0 Å². The Morgan fingerprint density at radius 2 is 2.35 bits per heavy atom. The lowest BCUT2D eigenvalue weighted by atomic mass is 9.87. The van der Waals surface area contributed by atoms with Gasteiger partial charge in [0.1, 0.15) is 0 Å². The zero-order valence-electron chi connectivity index (χ0n) is 13.7. The zero-order valence-corrected chi connectivity index (χ0v) is 15.3. The van der Waals surface area contributed by atoms with Crippen molar-refractivity contribution < 1.29 is 4.79 Å². The second-order valence-electron chi connectivity index (χ2n) is 6.10. The molecule has 0 aromatic carbocycles. The summed E-state index contributed by atoms with van der Waals surface area (Å²) in [7, 11) is 1.94. The summed E-state index contributed by atoms with van der Waals surface area (Å²) in [5.41, 5.74) is 6.81. The molecule has 7 heteroatoms. The molecule has 3 rings (SSSR count). The van der Waals surface area contributed by atoms with Crippen molar-refractivity contribution in [3.05, 3.63) is 16.5 Å². The summed E-state index contributed by atoms with van der Waals surface area (Å²) in [6, 6.07) is 2.28. The number of thioether (sulfide) groups is 1. The quantitative estimate of drug-likeness (QED) is 0.841. The van der Waals surface area contributed by atoms with Crippen molar-refractivity contribution in [3.8, 4) is 10.7 Å². The number of aryl methyl sites for hydroxylation is 1. The lowest BCUT2D eigenvalue weighted by Gasteiger charge is -2.19. The van der Waals surface area contributed by atoms with Gasteiger partial charge in [0.25, 0.3) is 0 Å². The molecule has 0 aliphatic heterocycles. The van der Waals surface area contributed by atoms with Gasteiger partial charge in [-0.15, -0.1) is 21.5 Å². The lowest BCUT2D eigenvalue weighted by molar-refractivity contribution is -0.117. The molecule has 2 aromatic rings. The van der Waals surface area contributed by atoms with Gasteiger partial charge in [-0.25, -0.2) is 0 Å². The highest BCUT2D eigenvalue weighted by Crippen LogP contribution is 2.38. The Balaban J connectivity index is 1.85. The van der Waals surface area contributed by atoms with Crippen LogP contribution in [-0.4, -0.2) is 25.9 Å². The van der Waals surface area contributed by atoms with E-state index in [1.807, 2.05) is 23.0 Å². The van der Waals surface area contributed by atoms with Crippen molar-refractivity contribution in [1.82, 2.24) is 14.8 Å². The van der Waals surface area contributed by atoms with E-state index in [0.717, 1.165) is 16.9 Å². The van der Waals surface area contributed by atoms with E-state index in [1.54, 1.807) is 6.92 Å². The van der Waals surface area contributed by atoms with Crippen molar-refractivity contribution in [2.45, 2.75) is 49.9 Å². The molecule has 0 spiro atoms. The van der Waals surface area contributed by atoms with Crippen molar-refractivity contribution in [1.29, 1.82) is 0 Å². The summed E-state index contributed by atoms with van der Waals surface area (Å²) >= 11 is 3.18. The summed E-state index contributed by atoms with van der Waals surface area (Å²) in [5, 5.41) is 8.97. The van der Waals surface area contributed by atoms with Gasteiger partial charge in [-0.05, 0) is 43.7 Å². The minimum atomic E-state index is -0.336. The van der Waals surface area contributed by atoms with Crippen molar-refractivity contribution in [2.24, 2.45) is 18.7 Å². The number of aromatic nitrogens is 3. The van der Waals surface area contributed by atoms with Crippen molar-refractivity contribution in [2.75, 3.05) is 0 Å². The number of hydrogen-bond donors (Lipinski definition) is 1. The number of nitrogens with zero attached hydrogens (tertiary/aromatic N) is 3. The zero-order chi connectivity index (χ0) is 16.6. The lowest BCUT2D eigenvalue weighted by Crippen LogP contribution is -2.22. The minimum absolute atomic E-state index is 0.312. The number of thiophene rings is 1. The monoisotopic (exact) mass is 350 g/mol.